The molecular weight excluding hydrogens is 318 g/mol. The van der Waals surface area contributed by atoms with Gasteiger partial charge in [0.2, 0.25) is 11.8 Å². The lowest BCUT2D eigenvalue weighted by Crippen LogP contribution is -2.34. The fraction of sp³-hybridized carbons (Fsp3) is 0.450. The maximum Gasteiger partial charge on any atom is 0.338 e. The molecule has 25 heavy (non-hydrogen) atoms. The summed E-state index contributed by atoms with van der Waals surface area (Å²) in [5.41, 5.74) is 1.02. The Morgan fingerprint density at radius 2 is 1.80 bits per heavy atom. The van der Waals surface area contributed by atoms with Crippen molar-refractivity contribution in [2.75, 3.05) is 11.5 Å². The molecule has 3 aliphatic carbocycles. The molecule has 1 saturated heterocycles. The summed E-state index contributed by atoms with van der Waals surface area (Å²) in [6, 6.07) is 6.61. The lowest BCUT2D eigenvalue weighted by molar-refractivity contribution is -0.123. The van der Waals surface area contributed by atoms with Gasteiger partial charge in [-0.3, -0.25) is 9.59 Å². The maximum absolute atomic E-state index is 13.1. The van der Waals surface area contributed by atoms with Crippen molar-refractivity contribution >= 4 is 23.5 Å². The van der Waals surface area contributed by atoms with E-state index in [9.17, 15) is 14.4 Å². The normalized spacial score (nSPS) is 33.2. The second-order valence-corrected chi connectivity index (χ2v) is 7.50. The van der Waals surface area contributed by atoms with Crippen LogP contribution in [0, 0.1) is 29.1 Å². The van der Waals surface area contributed by atoms with Crippen LogP contribution in [0.1, 0.15) is 30.1 Å². The van der Waals surface area contributed by atoms with Crippen molar-refractivity contribution in [2.45, 2.75) is 19.8 Å². The number of carbonyl (C=O) groups is 3. The number of anilines is 1. The highest BCUT2D eigenvalue weighted by atomic mass is 16.5. The molecule has 4 atom stereocenters. The number of fused-ring (bicyclic) bond motifs is 3. The van der Waals surface area contributed by atoms with Crippen LogP contribution in [-0.4, -0.2) is 24.4 Å². The average molecular weight is 337 g/mol. The second-order valence-electron chi connectivity index (χ2n) is 7.50. The number of benzene rings is 1. The summed E-state index contributed by atoms with van der Waals surface area (Å²) in [6.07, 6.45) is 6.56. The maximum atomic E-state index is 13.1. The molecule has 2 saturated carbocycles. The molecule has 1 aliphatic heterocycles. The van der Waals surface area contributed by atoms with E-state index in [0.29, 0.717) is 11.3 Å². The first kappa shape index (κ1) is 14.9. The Balaban J connectivity index is 1.49. The van der Waals surface area contributed by atoms with Crippen molar-refractivity contribution in [3.05, 3.63) is 42.0 Å². The molecule has 4 aliphatic rings. The van der Waals surface area contributed by atoms with Gasteiger partial charge in [-0.2, -0.15) is 0 Å². The third kappa shape index (κ3) is 1.76. The summed E-state index contributed by atoms with van der Waals surface area (Å²) in [7, 11) is 0. The molecule has 0 aromatic heterocycles. The lowest BCUT2D eigenvalue weighted by atomic mass is 9.85. The summed E-state index contributed by atoms with van der Waals surface area (Å²) < 4.78 is 5.02. The summed E-state index contributed by atoms with van der Waals surface area (Å²) in [6.45, 7) is 2.03. The van der Waals surface area contributed by atoms with Crippen LogP contribution >= 0.6 is 0 Å². The smallest absolute Gasteiger partial charge is 0.338 e. The molecule has 5 nitrogen and oxygen atoms in total. The van der Waals surface area contributed by atoms with Gasteiger partial charge < -0.3 is 4.74 Å². The highest BCUT2D eigenvalue weighted by molar-refractivity contribution is 6.23. The Bertz CT molecular complexity index is 804. The van der Waals surface area contributed by atoms with Gasteiger partial charge in [0.25, 0.3) is 0 Å². The van der Waals surface area contributed by atoms with Crippen LogP contribution in [0.15, 0.2) is 36.4 Å². The zero-order chi connectivity index (χ0) is 17.3. The highest BCUT2D eigenvalue weighted by Gasteiger charge is 2.73. The largest absolute Gasteiger partial charge is 0.462 e. The first-order valence-electron chi connectivity index (χ1n) is 8.92. The molecule has 1 aromatic carbocycles. The predicted octanol–water partition coefficient (Wildman–Crippen LogP) is 2.56. The minimum atomic E-state index is -0.442. The minimum absolute atomic E-state index is 0.112. The van der Waals surface area contributed by atoms with E-state index in [1.807, 2.05) is 0 Å². The second kappa shape index (κ2) is 4.81. The quantitative estimate of drug-likeness (QED) is 0.483. The molecule has 1 heterocycles. The number of rotatable bonds is 3. The van der Waals surface area contributed by atoms with Gasteiger partial charge >= 0.3 is 5.97 Å². The average Bonchev–Trinajstić information content (AvgIpc) is 3.20. The van der Waals surface area contributed by atoms with Crippen LogP contribution in [-0.2, 0) is 14.3 Å². The number of hydrogen-bond donors (Lipinski definition) is 0. The molecule has 0 radical (unpaired) electrons. The van der Waals surface area contributed by atoms with Crippen molar-refractivity contribution in [3.63, 3.8) is 0 Å². The molecular formula is C20H19NO4. The summed E-state index contributed by atoms with van der Waals surface area (Å²) in [5, 5.41) is 0. The Morgan fingerprint density at radius 3 is 2.36 bits per heavy atom. The molecule has 5 heteroatoms. The van der Waals surface area contributed by atoms with E-state index in [0.717, 1.165) is 12.8 Å². The third-order valence-corrected chi connectivity index (χ3v) is 6.47. The van der Waals surface area contributed by atoms with Crippen LogP contribution in [0.25, 0.3) is 0 Å². The topological polar surface area (TPSA) is 63.7 Å². The van der Waals surface area contributed by atoms with E-state index in [1.165, 1.54) is 4.90 Å². The Labute approximate surface area is 145 Å². The highest BCUT2D eigenvalue weighted by Crippen LogP contribution is 2.73. The zero-order valence-electron chi connectivity index (χ0n) is 14.0. The van der Waals surface area contributed by atoms with E-state index < -0.39 is 5.97 Å². The van der Waals surface area contributed by atoms with Gasteiger partial charge in [0.1, 0.15) is 0 Å². The van der Waals surface area contributed by atoms with Crippen molar-refractivity contribution in [1.82, 2.24) is 0 Å². The van der Waals surface area contributed by atoms with Gasteiger partial charge in [0.05, 0.1) is 29.7 Å². The van der Waals surface area contributed by atoms with Crippen molar-refractivity contribution in [1.29, 1.82) is 0 Å². The van der Waals surface area contributed by atoms with Gasteiger partial charge in [-0.15, -0.1) is 0 Å². The van der Waals surface area contributed by atoms with Gasteiger partial charge in [-0.05, 0) is 55.2 Å². The molecule has 1 spiro atoms. The van der Waals surface area contributed by atoms with Crippen LogP contribution in [0.2, 0.25) is 0 Å². The number of hydrogen-bond acceptors (Lipinski definition) is 4. The molecule has 5 rings (SSSR count). The van der Waals surface area contributed by atoms with Crippen molar-refractivity contribution in [3.8, 4) is 0 Å². The number of carbonyl (C=O) groups excluding carboxylic acids is 3. The standard InChI is InChI=1S/C20H19NO4/c1-2-25-19(24)11-4-3-5-12(10-11)21-17(22)15-13-6-7-14(16(15)18(21)23)20(13)8-9-20/h3-7,10,13-16H,2,8-9H2,1H3/t13-,14-,15-,16+/m0/s1. The monoisotopic (exact) mass is 337 g/mol. The number of ether oxygens (including phenoxy) is 1. The van der Waals surface area contributed by atoms with Gasteiger partial charge in [-0.1, -0.05) is 18.2 Å². The van der Waals surface area contributed by atoms with Crippen LogP contribution < -0.4 is 4.90 Å². The number of imide groups is 1. The first-order valence-corrected chi connectivity index (χ1v) is 8.92. The third-order valence-electron chi connectivity index (χ3n) is 6.47. The van der Waals surface area contributed by atoms with Crippen molar-refractivity contribution in [2.24, 2.45) is 29.1 Å². The van der Waals surface area contributed by atoms with E-state index in [4.69, 9.17) is 4.74 Å². The van der Waals surface area contributed by atoms with E-state index in [2.05, 4.69) is 12.2 Å². The van der Waals surface area contributed by atoms with E-state index >= 15 is 0 Å². The molecule has 1 aromatic rings. The summed E-state index contributed by atoms with van der Waals surface area (Å²) in [4.78, 5) is 39.4. The molecule has 128 valence electrons. The molecule has 0 N–H and O–H groups in total. The Hall–Kier alpha value is -2.43. The molecule has 0 unspecified atom stereocenters. The Kier molecular flexibility index (Phi) is 2.86. The van der Waals surface area contributed by atoms with Crippen LogP contribution in [0.5, 0.6) is 0 Å². The number of nitrogens with zero attached hydrogens (tertiary/aromatic N) is 1. The van der Waals surface area contributed by atoms with Gasteiger partial charge in [0.15, 0.2) is 0 Å². The molecule has 2 bridgehead atoms. The molecule has 2 amide bonds. The Morgan fingerprint density at radius 1 is 1.16 bits per heavy atom. The number of esters is 1. The number of amides is 2. The van der Waals surface area contributed by atoms with Crippen LogP contribution in [0.4, 0.5) is 5.69 Å². The SMILES string of the molecule is CCOC(=O)c1cccc(N2C(=O)[C@@H]3[C@H](C2=O)[C@@H]2C=C[C@@H]3C23CC3)c1. The lowest BCUT2D eigenvalue weighted by Gasteiger charge is -2.22. The fourth-order valence-corrected chi connectivity index (χ4v) is 5.32. The van der Waals surface area contributed by atoms with Crippen molar-refractivity contribution < 1.29 is 19.1 Å². The van der Waals surface area contributed by atoms with Gasteiger partial charge in [0, 0.05) is 0 Å². The predicted molar refractivity (Wildman–Crippen MR) is 89.7 cm³/mol. The minimum Gasteiger partial charge on any atom is -0.462 e. The van der Waals surface area contributed by atoms with Crippen LogP contribution in [0.3, 0.4) is 0 Å². The number of allylic oxidation sites excluding steroid dienone is 2. The first-order chi connectivity index (χ1) is 12.1. The fourth-order valence-electron chi connectivity index (χ4n) is 5.32. The molecule has 3 fully saturated rings. The van der Waals surface area contributed by atoms with E-state index in [1.54, 1.807) is 31.2 Å². The zero-order valence-corrected chi connectivity index (χ0v) is 14.0. The van der Waals surface area contributed by atoms with Gasteiger partial charge in [-0.25, -0.2) is 9.69 Å². The summed E-state index contributed by atoms with van der Waals surface area (Å²) in [5.74, 6) is -0.706. The summed E-state index contributed by atoms with van der Waals surface area (Å²) >= 11 is 0. The van der Waals surface area contributed by atoms with E-state index in [-0.39, 0.29) is 47.5 Å².